The fourth-order valence-corrected chi connectivity index (χ4v) is 2.11. The maximum absolute atomic E-state index is 11.9. The summed E-state index contributed by atoms with van der Waals surface area (Å²) in [7, 11) is 0. The molecule has 5 heteroatoms. The minimum Gasteiger partial charge on any atom is -0.444 e. The van der Waals surface area contributed by atoms with Crippen molar-refractivity contribution in [3.63, 3.8) is 0 Å². The van der Waals surface area contributed by atoms with Gasteiger partial charge in [0.15, 0.2) is 0 Å². The molecule has 1 aliphatic rings. The van der Waals surface area contributed by atoms with Crippen molar-refractivity contribution >= 4 is 6.09 Å². The summed E-state index contributed by atoms with van der Waals surface area (Å²) in [6, 6.07) is 4.24. The standard InChI is InChI=1S/C13H19N3O2/c1-13(2,3)18-12(17)16-8-10(4-6-14)11(9-16)5-7-15/h10-11H,4-5,8-9H2,1-3H3. The van der Waals surface area contributed by atoms with Crippen molar-refractivity contribution in [2.75, 3.05) is 13.1 Å². The van der Waals surface area contributed by atoms with Gasteiger partial charge in [0.2, 0.25) is 0 Å². The zero-order valence-corrected chi connectivity index (χ0v) is 11.1. The topological polar surface area (TPSA) is 77.1 Å². The van der Waals surface area contributed by atoms with Crippen LogP contribution in [-0.2, 0) is 4.74 Å². The van der Waals surface area contributed by atoms with Gasteiger partial charge in [-0.05, 0) is 32.6 Å². The van der Waals surface area contributed by atoms with E-state index in [0.717, 1.165) is 0 Å². The van der Waals surface area contributed by atoms with E-state index in [1.165, 1.54) is 0 Å². The second-order valence-electron chi connectivity index (χ2n) is 5.63. The Morgan fingerprint density at radius 3 is 2.00 bits per heavy atom. The van der Waals surface area contributed by atoms with Crippen molar-refractivity contribution < 1.29 is 9.53 Å². The second-order valence-corrected chi connectivity index (χ2v) is 5.63. The van der Waals surface area contributed by atoms with Crippen molar-refractivity contribution in [1.82, 2.24) is 4.90 Å². The van der Waals surface area contributed by atoms with E-state index in [0.29, 0.717) is 25.9 Å². The molecule has 1 saturated heterocycles. The molecule has 0 spiro atoms. The molecular formula is C13H19N3O2. The third-order valence-electron chi connectivity index (χ3n) is 2.94. The van der Waals surface area contributed by atoms with Crippen molar-refractivity contribution in [2.24, 2.45) is 11.8 Å². The largest absolute Gasteiger partial charge is 0.444 e. The van der Waals surface area contributed by atoms with Crippen LogP contribution in [0.3, 0.4) is 0 Å². The molecule has 0 aromatic carbocycles. The van der Waals surface area contributed by atoms with Crippen LogP contribution in [0.1, 0.15) is 33.6 Å². The van der Waals surface area contributed by atoms with E-state index in [-0.39, 0.29) is 17.9 Å². The Balaban J connectivity index is 2.63. The number of hydrogen-bond donors (Lipinski definition) is 0. The van der Waals surface area contributed by atoms with Gasteiger partial charge in [0, 0.05) is 25.9 Å². The summed E-state index contributed by atoms with van der Waals surface area (Å²) in [6.07, 6.45) is 0.406. The van der Waals surface area contributed by atoms with Crippen molar-refractivity contribution in [3.05, 3.63) is 0 Å². The predicted molar refractivity (Wildman–Crippen MR) is 65.2 cm³/mol. The van der Waals surface area contributed by atoms with E-state index in [1.807, 2.05) is 20.8 Å². The molecule has 1 fully saturated rings. The van der Waals surface area contributed by atoms with Gasteiger partial charge in [0.05, 0.1) is 12.1 Å². The first-order valence-electron chi connectivity index (χ1n) is 6.09. The summed E-state index contributed by atoms with van der Waals surface area (Å²) >= 11 is 0. The summed E-state index contributed by atoms with van der Waals surface area (Å²) in [5.74, 6) is 0.171. The van der Waals surface area contributed by atoms with Crippen LogP contribution < -0.4 is 0 Å². The molecule has 0 saturated carbocycles. The number of nitrogens with zero attached hydrogens (tertiary/aromatic N) is 3. The Bertz CT molecular complexity index is 363. The summed E-state index contributed by atoms with van der Waals surface area (Å²) in [6.45, 7) is 6.48. The molecule has 0 bridgehead atoms. The maximum atomic E-state index is 11.9. The van der Waals surface area contributed by atoms with Crippen molar-refractivity contribution in [2.45, 2.75) is 39.2 Å². The molecule has 0 N–H and O–H groups in total. The van der Waals surface area contributed by atoms with Gasteiger partial charge in [-0.1, -0.05) is 0 Å². The average molecular weight is 249 g/mol. The molecular weight excluding hydrogens is 230 g/mol. The molecule has 2 unspecified atom stereocenters. The van der Waals surface area contributed by atoms with Crippen LogP contribution in [0.15, 0.2) is 0 Å². The molecule has 98 valence electrons. The zero-order chi connectivity index (χ0) is 13.8. The van der Waals surface area contributed by atoms with E-state index in [4.69, 9.17) is 15.3 Å². The Hall–Kier alpha value is -1.75. The number of likely N-dealkylation sites (tertiary alicyclic amines) is 1. The quantitative estimate of drug-likeness (QED) is 0.752. The summed E-state index contributed by atoms with van der Waals surface area (Å²) in [5.41, 5.74) is -0.519. The van der Waals surface area contributed by atoms with Crippen LogP contribution in [0.4, 0.5) is 4.79 Å². The highest BCUT2D eigenvalue weighted by atomic mass is 16.6. The minimum atomic E-state index is -0.519. The van der Waals surface area contributed by atoms with Gasteiger partial charge < -0.3 is 9.64 Å². The van der Waals surface area contributed by atoms with E-state index in [9.17, 15) is 4.79 Å². The molecule has 0 radical (unpaired) electrons. The monoisotopic (exact) mass is 249 g/mol. The highest BCUT2D eigenvalue weighted by Gasteiger charge is 2.36. The van der Waals surface area contributed by atoms with Gasteiger partial charge in [-0.3, -0.25) is 0 Å². The van der Waals surface area contributed by atoms with Gasteiger partial charge >= 0.3 is 6.09 Å². The molecule has 0 aromatic rings. The number of ether oxygens (including phenoxy) is 1. The number of carbonyl (C=O) groups is 1. The van der Waals surface area contributed by atoms with E-state index < -0.39 is 5.60 Å². The van der Waals surface area contributed by atoms with Crippen LogP contribution in [0.25, 0.3) is 0 Å². The highest BCUT2D eigenvalue weighted by Crippen LogP contribution is 2.29. The molecule has 1 aliphatic heterocycles. The van der Waals surface area contributed by atoms with Gasteiger partial charge in [0.25, 0.3) is 0 Å². The lowest BCUT2D eigenvalue weighted by Gasteiger charge is -2.24. The van der Waals surface area contributed by atoms with Crippen LogP contribution in [-0.4, -0.2) is 29.7 Å². The lowest BCUT2D eigenvalue weighted by molar-refractivity contribution is 0.0284. The SMILES string of the molecule is CC(C)(C)OC(=O)N1CC(CC#N)C(CC#N)C1. The number of carbonyl (C=O) groups excluding carboxylic acids is 1. The Morgan fingerprint density at radius 2 is 1.67 bits per heavy atom. The number of rotatable bonds is 2. The van der Waals surface area contributed by atoms with Crippen molar-refractivity contribution in [3.8, 4) is 12.1 Å². The molecule has 2 atom stereocenters. The smallest absolute Gasteiger partial charge is 0.410 e. The molecule has 18 heavy (non-hydrogen) atoms. The molecule has 1 rings (SSSR count). The lowest BCUT2D eigenvalue weighted by Crippen LogP contribution is -2.35. The molecule has 1 amide bonds. The van der Waals surface area contributed by atoms with Crippen LogP contribution >= 0.6 is 0 Å². The van der Waals surface area contributed by atoms with Crippen LogP contribution in [0.5, 0.6) is 0 Å². The fourth-order valence-electron chi connectivity index (χ4n) is 2.11. The maximum Gasteiger partial charge on any atom is 0.410 e. The van der Waals surface area contributed by atoms with Crippen LogP contribution in [0, 0.1) is 34.5 Å². The van der Waals surface area contributed by atoms with Crippen LogP contribution in [0.2, 0.25) is 0 Å². The number of amides is 1. The normalized spacial score (nSPS) is 23.3. The molecule has 5 nitrogen and oxygen atoms in total. The molecule has 0 aliphatic carbocycles. The highest BCUT2D eigenvalue weighted by molar-refractivity contribution is 5.68. The van der Waals surface area contributed by atoms with E-state index in [1.54, 1.807) is 4.90 Å². The summed E-state index contributed by atoms with van der Waals surface area (Å²) in [5, 5.41) is 17.5. The third-order valence-corrected chi connectivity index (χ3v) is 2.94. The first-order chi connectivity index (χ1) is 8.37. The minimum absolute atomic E-state index is 0.0853. The number of hydrogen-bond acceptors (Lipinski definition) is 4. The first-order valence-corrected chi connectivity index (χ1v) is 6.09. The summed E-state index contributed by atoms with van der Waals surface area (Å²) in [4.78, 5) is 13.5. The molecule has 1 heterocycles. The third kappa shape index (κ3) is 3.92. The first kappa shape index (κ1) is 14.3. The Labute approximate surface area is 108 Å². The number of nitriles is 2. The zero-order valence-electron chi connectivity index (χ0n) is 11.1. The molecule has 0 aromatic heterocycles. The fraction of sp³-hybridized carbons (Fsp3) is 0.769. The van der Waals surface area contributed by atoms with Gasteiger partial charge in [-0.2, -0.15) is 10.5 Å². The summed E-state index contributed by atoms with van der Waals surface area (Å²) < 4.78 is 5.30. The van der Waals surface area contributed by atoms with Crippen molar-refractivity contribution in [1.29, 1.82) is 10.5 Å². The average Bonchev–Trinajstić information content (AvgIpc) is 2.61. The Kier molecular flexibility index (Phi) is 4.55. The van der Waals surface area contributed by atoms with Gasteiger partial charge in [0.1, 0.15) is 5.60 Å². The van der Waals surface area contributed by atoms with Gasteiger partial charge in [-0.25, -0.2) is 4.79 Å². The van der Waals surface area contributed by atoms with E-state index in [2.05, 4.69) is 12.1 Å². The van der Waals surface area contributed by atoms with Gasteiger partial charge in [-0.15, -0.1) is 0 Å². The lowest BCUT2D eigenvalue weighted by atomic mass is 9.91. The Morgan fingerprint density at radius 1 is 1.22 bits per heavy atom. The second kappa shape index (κ2) is 5.73. The van der Waals surface area contributed by atoms with E-state index >= 15 is 0 Å². The predicted octanol–water partition coefficient (Wildman–Crippen LogP) is 2.30.